The van der Waals surface area contributed by atoms with Gasteiger partial charge in [0.25, 0.3) is 15.9 Å². The molecule has 3 aromatic heterocycles. The molecule has 0 aliphatic rings. The number of primary amides is 1. The van der Waals surface area contributed by atoms with Crippen molar-refractivity contribution in [2.24, 2.45) is 5.73 Å². The summed E-state index contributed by atoms with van der Waals surface area (Å²) in [5.41, 5.74) is 8.88. The minimum absolute atomic E-state index is 0.0165. The number of nitrogens with zero attached hydrogens (tertiary/aromatic N) is 2. The number of H-pyrrole nitrogens is 1. The van der Waals surface area contributed by atoms with Crippen LogP contribution in [0.2, 0.25) is 0 Å². The number of aromatic carboxylic acids is 1. The van der Waals surface area contributed by atoms with Gasteiger partial charge in [0.2, 0.25) is 0 Å². The maximum atomic E-state index is 13.2. The predicted octanol–water partition coefficient (Wildman–Crippen LogP) is 5.81. The molecule has 0 spiro atoms. The number of hydrogen-bond acceptors (Lipinski definition) is 7. The number of carboxylic acids is 1. The first-order valence-electron chi connectivity index (χ1n) is 13.1. The van der Waals surface area contributed by atoms with Gasteiger partial charge >= 0.3 is 5.97 Å². The average molecular weight is 604 g/mol. The Balaban J connectivity index is 1.49. The van der Waals surface area contributed by atoms with Crippen molar-refractivity contribution in [2.75, 3.05) is 4.72 Å². The fraction of sp³-hybridized carbons (Fsp3) is 0.200. The van der Waals surface area contributed by atoms with Crippen molar-refractivity contribution in [3.8, 4) is 22.5 Å². The molecule has 5 rings (SSSR count). The van der Waals surface area contributed by atoms with Gasteiger partial charge in [0.05, 0.1) is 32.9 Å². The highest BCUT2D eigenvalue weighted by molar-refractivity contribution is 7.92. The van der Waals surface area contributed by atoms with Crippen molar-refractivity contribution in [2.45, 2.75) is 44.4 Å². The first-order chi connectivity index (χ1) is 19.8. The van der Waals surface area contributed by atoms with Crippen LogP contribution in [0.3, 0.4) is 0 Å². The number of thiophene rings is 1. The SMILES string of the molecule is CCc1ccc(-c2[nH]nc3nc(-c4ccc(S(=O)(=O)Nc5cc(C(C)(C)C)sc5C(N)=O)cc4)cc(C(=O)O)c23)cc1. The fourth-order valence-corrected chi connectivity index (χ4v) is 6.64. The number of pyridine rings is 1. The highest BCUT2D eigenvalue weighted by atomic mass is 32.2. The minimum atomic E-state index is -4.07. The normalized spacial score (nSPS) is 12.0. The van der Waals surface area contributed by atoms with Crippen molar-refractivity contribution < 1.29 is 23.1 Å². The van der Waals surface area contributed by atoms with E-state index in [1.807, 2.05) is 45.0 Å². The van der Waals surface area contributed by atoms with Crippen molar-refractivity contribution >= 4 is 50.0 Å². The third kappa shape index (κ3) is 5.50. The number of aromatic amines is 1. The molecule has 216 valence electrons. The largest absolute Gasteiger partial charge is 0.478 e. The molecule has 0 aliphatic carbocycles. The number of aryl methyl sites for hydroxylation is 1. The number of amides is 1. The van der Waals surface area contributed by atoms with Crippen LogP contribution in [0.5, 0.6) is 0 Å². The highest BCUT2D eigenvalue weighted by Crippen LogP contribution is 2.37. The summed E-state index contributed by atoms with van der Waals surface area (Å²) in [7, 11) is -4.07. The first kappa shape index (κ1) is 29.0. The number of hydrogen-bond donors (Lipinski definition) is 4. The third-order valence-electron chi connectivity index (χ3n) is 6.80. The molecule has 0 atom stereocenters. The number of fused-ring (bicyclic) bond motifs is 1. The van der Waals surface area contributed by atoms with E-state index in [9.17, 15) is 23.1 Å². The molecule has 12 heteroatoms. The maximum Gasteiger partial charge on any atom is 0.336 e. The van der Waals surface area contributed by atoms with Gasteiger partial charge in [-0.2, -0.15) is 5.10 Å². The quantitative estimate of drug-likeness (QED) is 0.173. The zero-order valence-electron chi connectivity index (χ0n) is 23.3. The number of carbonyl (C=O) groups excluding carboxylic acids is 1. The number of nitrogens with one attached hydrogen (secondary N) is 2. The average Bonchev–Trinajstić information content (AvgIpc) is 3.57. The Morgan fingerprint density at radius 1 is 1.02 bits per heavy atom. The van der Waals surface area contributed by atoms with Gasteiger partial charge < -0.3 is 10.8 Å². The Hall–Kier alpha value is -4.55. The third-order valence-corrected chi connectivity index (χ3v) is 9.76. The van der Waals surface area contributed by atoms with E-state index in [2.05, 4.69) is 26.8 Å². The van der Waals surface area contributed by atoms with Crippen molar-refractivity contribution in [3.05, 3.63) is 81.5 Å². The van der Waals surface area contributed by atoms with Crippen LogP contribution < -0.4 is 10.5 Å². The molecular formula is C30H29N5O5S2. The number of benzene rings is 2. The Morgan fingerprint density at radius 3 is 2.24 bits per heavy atom. The highest BCUT2D eigenvalue weighted by Gasteiger charge is 2.25. The van der Waals surface area contributed by atoms with E-state index in [-0.39, 0.29) is 32.1 Å². The molecule has 0 unspecified atom stereocenters. The standard InChI is InChI=1S/C30H29N5O5S2/c1-5-16-6-8-18(9-7-16)25-24-20(29(37)38)14-21(32-28(24)34-33-25)17-10-12-19(13-11-17)42(39,40)35-22-15-23(30(2,3)4)41-26(22)27(31)36/h6-15,35H,5H2,1-4H3,(H2,31,36)(H,37,38)(H,32,33,34). The molecule has 2 aromatic carbocycles. The van der Waals surface area contributed by atoms with Gasteiger partial charge in [0, 0.05) is 16.0 Å². The molecule has 5 N–H and O–H groups in total. The van der Waals surface area contributed by atoms with Crippen LogP contribution in [0.25, 0.3) is 33.5 Å². The van der Waals surface area contributed by atoms with Crippen LogP contribution in [-0.4, -0.2) is 40.6 Å². The van der Waals surface area contributed by atoms with Crippen LogP contribution >= 0.6 is 11.3 Å². The van der Waals surface area contributed by atoms with E-state index >= 15 is 0 Å². The molecule has 0 saturated carbocycles. The van der Waals surface area contributed by atoms with Gasteiger partial charge in [-0.3, -0.25) is 14.6 Å². The van der Waals surface area contributed by atoms with Gasteiger partial charge in [-0.1, -0.05) is 64.1 Å². The van der Waals surface area contributed by atoms with Crippen molar-refractivity contribution in [1.29, 1.82) is 0 Å². The first-order valence-corrected chi connectivity index (χ1v) is 15.4. The Bertz CT molecular complexity index is 1940. The number of carboxylic acid groups (broad SMARTS) is 1. The van der Waals surface area contributed by atoms with E-state index in [1.165, 1.54) is 30.3 Å². The topological polar surface area (TPSA) is 168 Å². The molecule has 5 aromatic rings. The summed E-state index contributed by atoms with van der Waals surface area (Å²) in [5.74, 6) is -1.87. The smallest absolute Gasteiger partial charge is 0.336 e. The number of rotatable bonds is 8. The van der Waals surface area contributed by atoms with Gasteiger partial charge in [-0.15, -0.1) is 11.3 Å². The molecule has 10 nitrogen and oxygen atoms in total. The minimum Gasteiger partial charge on any atom is -0.478 e. The van der Waals surface area contributed by atoms with Crippen molar-refractivity contribution in [1.82, 2.24) is 15.2 Å². The zero-order valence-corrected chi connectivity index (χ0v) is 25.0. The number of sulfonamides is 1. The number of anilines is 1. The molecule has 3 heterocycles. The van der Waals surface area contributed by atoms with E-state index in [0.717, 1.165) is 33.8 Å². The van der Waals surface area contributed by atoms with Gasteiger partial charge in [-0.25, -0.2) is 18.2 Å². The molecule has 42 heavy (non-hydrogen) atoms. The predicted molar refractivity (Wildman–Crippen MR) is 163 cm³/mol. The van der Waals surface area contributed by atoms with E-state index in [4.69, 9.17) is 5.73 Å². The second-order valence-corrected chi connectivity index (χ2v) is 13.5. The van der Waals surface area contributed by atoms with Crippen LogP contribution in [0.15, 0.2) is 65.6 Å². The van der Waals surface area contributed by atoms with Crippen LogP contribution in [-0.2, 0) is 21.9 Å². The summed E-state index contributed by atoms with van der Waals surface area (Å²) < 4.78 is 28.9. The van der Waals surface area contributed by atoms with Crippen LogP contribution in [0.1, 0.15) is 58.2 Å². The Labute approximate surface area is 246 Å². The van der Waals surface area contributed by atoms with Gasteiger partial charge in [0.15, 0.2) is 5.65 Å². The van der Waals surface area contributed by atoms with E-state index < -0.39 is 21.9 Å². The van der Waals surface area contributed by atoms with E-state index in [1.54, 1.807) is 6.07 Å². The second-order valence-electron chi connectivity index (χ2n) is 10.8. The molecule has 0 fully saturated rings. The lowest BCUT2D eigenvalue weighted by molar-refractivity contribution is 0.0698. The Kier molecular flexibility index (Phi) is 7.37. The molecular weight excluding hydrogens is 574 g/mol. The maximum absolute atomic E-state index is 13.2. The fourth-order valence-electron chi connectivity index (χ4n) is 4.48. The lowest BCUT2D eigenvalue weighted by Gasteiger charge is -2.15. The molecule has 0 saturated heterocycles. The van der Waals surface area contributed by atoms with Crippen LogP contribution in [0.4, 0.5) is 5.69 Å². The molecule has 0 aliphatic heterocycles. The second kappa shape index (κ2) is 10.7. The summed E-state index contributed by atoms with van der Waals surface area (Å²) in [6.45, 7) is 7.92. The van der Waals surface area contributed by atoms with Crippen LogP contribution in [0, 0.1) is 0 Å². The monoisotopic (exact) mass is 603 g/mol. The summed E-state index contributed by atoms with van der Waals surface area (Å²) in [6, 6.07) is 16.7. The van der Waals surface area contributed by atoms with E-state index in [0.29, 0.717) is 22.3 Å². The summed E-state index contributed by atoms with van der Waals surface area (Å²) in [4.78, 5) is 29.7. The number of nitrogens with two attached hydrogens (primary N) is 1. The molecule has 0 bridgehead atoms. The Morgan fingerprint density at radius 2 is 1.67 bits per heavy atom. The lowest BCUT2D eigenvalue weighted by Crippen LogP contribution is -2.16. The summed E-state index contributed by atoms with van der Waals surface area (Å²) >= 11 is 1.15. The van der Waals surface area contributed by atoms with Crippen molar-refractivity contribution in [3.63, 3.8) is 0 Å². The van der Waals surface area contributed by atoms with Gasteiger partial charge in [-0.05, 0) is 41.7 Å². The molecule has 0 radical (unpaired) electrons. The van der Waals surface area contributed by atoms with Gasteiger partial charge in [0.1, 0.15) is 4.88 Å². The number of aromatic nitrogens is 3. The summed E-state index contributed by atoms with van der Waals surface area (Å²) in [6.07, 6.45) is 0.881. The molecule has 1 amide bonds. The lowest BCUT2D eigenvalue weighted by atomic mass is 9.95. The number of carbonyl (C=O) groups is 2. The zero-order chi connectivity index (χ0) is 30.4. The summed E-state index contributed by atoms with van der Waals surface area (Å²) in [5, 5.41) is 17.6.